The summed E-state index contributed by atoms with van der Waals surface area (Å²) in [6, 6.07) is 5.56. The summed E-state index contributed by atoms with van der Waals surface area (Å²) in [5, 5.41) is 9.48. The summed E-state index contributed by atoms with van der Waals surface area (Å²) in [7, 11) is 3.02. The number of hydrogen-bond donors (Lipinski definition) is 1. The van der Waals surface area contributed by atoms with Crippen LogP contribution in [0.4, 0.5) is 4.39 Å². The Kier molecular flexibility index (Phi) is 6.24. The number of methoxy groups -OCH3 is 1. The van der Waals surface area contributed by atoms with Crippen molar-refractivity contribution < 1.29 is 23.8 Å². The summed E-state index contributed by atoms with van der Waals surface area (Å²) in [6.45, 7) is 0.0984. The first kappa shape index (κ1) is 15.4. The van der Waals surface area contributed by atoms with Gasteiger partial charge in [0.25, 0.3) is 5.91 Å². The Hall–Kier alpha value is -1.66. The van der Waals surface area contributed by atoms with Crippen molar-refractivity contribution >= 4 is 5.91 Å². The molecule has 1 N–H and O–H groups in total. The topological polar surface area (TPSA) is 59.0 Å². The first-order chi connectivity index (χ1) is 9.02. The molecule has 1 aromatic rings. The molecule has 0 aliphatic carbocycles. The predicted octanol–water partition coefficient (Wildman–Crippen LogP) is 0.670. The lowest BCUT2D eigenvalue weighted by molar-refractivity contribution is -0.133. The van der Waals surface area contributed by atoms with E-state index in [4.69, 9.17) is 9.47 Å². The van der Waals surface area contributed by atoms with Crippen LogP contribution in [0.1, 0.15) is 0 Å². The van der Waals surface area contributed by atoms with Crippen molar-refractivity contribution in [3.63, 3.8) is 0 Å². The van der Waals surface area contributed by atoms with Crippen molar-refractivity contribution in [2.75, 3.05) is 33.9 Å². The van der Waals surface area contributed by atoms with Crippen molar-refractivity contribution in [3.05, 3.63) is 30.1 Å². The van der Waals surface area contributed by atoms with Gasteiger partial charge in [0.1, 0.15) is 11.6 Å². The van der Waals surface area contributed by atoms with Crippen molar-refractivity contribution in [1.82, 2.24) is 4.90 Å². The third-order valence-corrected chi connectivity index (χ3v) is 2.43. The van der Waals surface area contributed by atoms with E-state index in [2.05, 4.69) is 0 Å². The van der Waals surface area contributed by atoms with Crippen molar-refractivity contribution in [2.45, 2.75) is 6.10 Å². The predicted molar refractivity (Wildman–Crippen MR) is 67.4 cm³/mol. The number of carbonyl (C=O) groups is 1. The number of amides is 1. The Bertz CT molecular complexity index is 413. The maximum Gasteiger partial charge on any atom is 0.260 e. The quantitative estimate of drug-likeness (QED) is 0.792. The highest BCUT2D eigenvalue weighted by Crippen LogP contribution is 2.11. The summed E-state index contributed by atoms with van der Waals surface area (Å²) in [6.07, 6.45) is -0.742. The second-order valence-electron chi connectivity index (χ2n) is 4.13. The summed E-state index contributed by atoms with van der Waals surface area (Å²) in [5.74, 6) is -0.438. The van der Waals surface area contributed by atoms with E-state index in [1.54, 1.807) is 13.1 Å². The second-order valence-corrected chi connectivity index (χ2v) is 4.13. The number of aliphatic hydroxyl groups excluding tert-OH is 1. The van der Waals surface area contributed by atoms with Gasteiger partial charge in [0.15, 0.2) is 6.61 Å². The summed E-state index contributed by atoms with van der Waals surface area (Å²) < 4.78 is 22.8. The molecule has 0 fully saturated rings. The monoisotopic (exact) mass is 271 g/mol. The van der Waals surface area contributed by atoms with Crippen molar-refractivity contribution in [3.8, 4) is 5.75 Å². The lowest BCUT2D eigenvalue weighted by atomic mass is 10.3. The molecule has 0 saturated carbocycles. The van der Waals surface area contributed by atoms with Gasteiger partial charge in [-0.2, -0.15) is 0 Å². The molecule has 1 atom stereocenters. The fraction of sp³-hybridized carbons (Fsp3) is 0.462. The average Bonchev–Trinajstić information content (AvgIpc) is 2.36. The van der Waals surface area contributed by atoms with Crippen LogP contribution in [0.15, 0.2) is 24.3 Å². The van der Waals surface area contributed by atoms with E-state index < -0.39 is 11.9 Å². The molecule has 0 spiro atoms. The lowest BCUT2D eigenvalue weighted by Gasteiger charge is -2.20. The van der Waals surface area contributed by atoms with Gasteiger partial charge in [0.05, 0.1) is 12.7 Å². The zero-order valence-electron chi connectivity index (χ0n) is 11.0. The lowest BCUT2D eigenvalue weighted by Crippen LogP contribution is -2.38. The van der Waals surface area contributed by atoms with Gasteiger partial charge in [-0.1, -0.05) is 6.07 Å². The molecule has 0 heterocycles. The standard InChI is InChI=1S/C13H18FNO4/c1-15(7-11(16)8-18-2)13(17)9-19-12-5-3-4-10(14)6-12/h3-6,11,16H,7-9H2,1-2H3. The van der Waals surface area contributed by atoms with E-state index in [0.717, 1.165) is 0 Å². The molecule has 1 aromatic carbocycles. The minimum atomic E-state index is -0.742. The van der Waals surface area contributed by atoms with Crippen LogP contribution in [0.3, 0.4) is 0 Å². The Morgan fingerprint density at radius 2 is 2.26 bits per heavy atom. The van der Waals surface area contributed by atoms with Gasteiger partial charge in [0.2, 0.25) is 0 Å². The zero-order valence-corrected chi connectivity index (χ0v) is 11.0. The number of hydrogen-bond acceptors (Lipinski definition) is 4. The summed E-state index contributed by atoms with van der Waals surface area (Å²) in [4.78, 5) is 13.0. The number of rotatable bonds is 7. The van der Waals surface area contributed by atoms with E-state index in [0.29, 0.717) is 5.75 Å². The van der Waals surface area contributed by atoms with Gasteiger partial charge in [-0.15, -0.1) is 0 Å². The van der Waals surface area contributed by atoms with E-state index >= 15 is 0 Å². The first-order valence-corrected chi connectivity index (χ1v) is 5.82. The van der Waals surface area contributed by atoms with Gasteiger partial charge in [0, 0.05) is 26.8 Å². The van der Waals surface area contributed by atoms with Crippen LogP contribution < -0.4 is 4.74 Å². The minimum absolute atomic E-state index is 0.152. The molecule has 0 aromatic heterocycles. The normalized spacial score (nSPS) is 12.0. The molecule has 0 saturated heterocycles. The van der Waals surface area contributed by atoms with Gasteiger partial charge in [-0.3, -0.25) is 4.79 Å². The van der Waals surface area contributed by atoms with Gasteiger partial charge in [-0.25, -0.2) is 4.39 Å². The van der Waals surface area contributed by atoms with E-state index in [1.807, 2.05) is 0 Å². The number of aliphatic hydroxyl groups is 1. The van der Waals surface area contributed by atoms with Crippen LogP contribution in [0.5, 0.6) is 5.75 Å². The Labute approximate surface area is 111 Å². The molecule has 5 nitrogen and oxygen atoms in total. The maximum atomic E-state index is 12.9. The van der Waals surface area contributed by atoms with Crippen LogP contribution in [0, 0.1) is 5.82 Å². The number of likely N-dealkylation sites (N-methyl/N-ethyl adjacent to an activating group) is 1. The molecule has 1 rings (SSSR count). The third-order valence-electron chi connectivity index (χ3n) is 2.43. The molecule has 1 unspecified atom stereocenters. The first-order valence-electron chi connectivity index (χ1n) is 5.82. The largest absolute Gasteiger partial charge is 0.484 e. The summed E-state index contributed by atoms with van der Waals surface area (Å²) >= 11 is 0. The van der Waals surface area contributed by atoms with E-state index in [1.165, 1.54) is 30.2 Å². The highest BCUT2D eigenvalue weighted by atomic mass is 19.1. The summed E-state index contributed by atoms with van der Waals surface area (Å²) in [5.41, 5.74) is 0. The van der Waals surface area contributed by atoms with Crippen molar-refractivity contribution in [1.29, 1.82) is 0 Å². The third kappa shape index (κ3) is 5.67. The van der Waals surface area contributed by atoms with Crippen molar-refractivity contribution in [2.24, 2.45) is 0 Å². The molecule has 1 amide bonds. The molecule has 0 aliphatic rings. The molecule has 106 valence electrons. The number of halogens is 1. The molecule has 6 heteroatoms. The number of nitrogens with zero attached hydrogens (tertiary/aromatic N) is 1. The van der Waals surface area contributed by atoms with Gasteiger partial charge >= 0.3 is 0 Å². The Balaban J connectivity index is 2.38. The zero-order chi connectivity index (χ0) is 14.3. The maximum absolute atomic E-state index is 12.9. The molecule has 19 heavy (non-hydrogen) atoms. The van der Waals surface area contributed by atoms with Crippen LogP contribution in [0.25, 0.3) is 0 Å². The number of carbonyl (C=O) groups excluding carboxylic acids is 1. The van der Waals surface area contributed by atoms with Gasteiger partial charge < -0.3 is 19.5 Å². The number of benzene rings is 1. The molecule has 0 aliphatic heterocycles. The second kappa shape index (κ2) is 7.70. The van der Waals surface area contributed by atoms with Crippen LogP contribution in [-0.2, 0) is 9.53 Å². The van der Waals surface area contributed by atoms with Gasteiger partial charge in [-0.05, 0) is 12.1 Å². The van der Waals surface area contributed by atoms with E-state index in [9.17, 15) is 14.3 Å². The number of ether oxygens (including phenoxy) is 2. The molecule has 0 radical (unpaired) electrons. The van der Waals surface area contributed by atoms with Crippen LogP contribution in [0.2, 0.25) is 0 Å². The molecule has 0 bridgehead atoms. The van der Waals surface area contributed by atoms with E-state index in [-0.39, 0.29) is 25.7 Å². The fourth-order valence-corrected chi connectivity index (χ4v) is 1.48. The molecular formula is C13H18FNO4. The fourth-order valence-electron chi connectivity index (χ4n) is 1.48. The highest BCUT2D eigenvalue weighted by Gasteiger charge is 2.14. The van der Waals surface area contributed by atoms with Crippen LogP contribution in [-0.4, -0.2) is 55.9 Å². The minimum Gasteiger partial charge on any atom is -0.484 e. The molecular weight excluding hydrogens is 253 g/mol. The SMILES string of the molecule is COCC(O)CN(C)C(=O)COc1cccc(F)c1. The Morgan fingerprint density at radius 1 is 1.53 bits per heavy atom. The highest BCUT2D eigenvalue weighted by molar-refractivity contribution is 5.77. The smallest absolute Gasteiger partial charge is 0.260 e. The Morgan fingerprint density at radius 3 is 2.89 bits per heavy atom. The average molecular weight is 271 g/mol. The van der Waals surface area contributed by atoms with Crippen LogP contribution >= 0.6 is 0 Å².